The van der Waals surface area contributed by atoms with Crippen LogP contribution in [0, 0.1) is 0 Å². The number of oxazole rings is 1. The van der Waals surface area contributed by atoms with Crippen LogP contribution in [0.2, 0.25) is 0 Å². The molecule has 3 heterocycles. The lowest BCUT2D eigenvalue weighted by molar-refractivity contribution is -0.189. The van der Waals surface area contributed by atoms with Gasteiger partial charge in [0.05, 0.1) is 25.8 Å². The van der Waals surface area contributed by atoms with Crippen LogP contribution in [0.3, 0.4) is 0 Å². The SMILES string of the molecule is COc1cncc(-c2cc(OC(=O)C(F)(F)F)c3nc(-c4cnc[nH]4)oc3c2)c1. The molecule has 0 bridgehead atoms. The van der Waals surface area contributed by atoms with Crippen LogP contribution >= 0.6 is 0 Å². The third kappa shape index (κ3) is 3.61. The highest BCUT2D eigenvalue weighted by atomic mass is 19.4. The minimum Gasteiger partial charge on any atom is -0.495 e. The molecule has 0 aliphatic heterocycles. The number of esters is 1. The monoisotopic (exact) mass is 404 g/mol. The topological polar surface area (TPSA) is 103 Å². The summed E-state index contributed by atoms with van der Waals surface area (Å²) in [5.41, 5.74) is 1.36. The molecule has 0 saturated carbocycles. The number of hydrogen-bond acceptors (Lipinski definition) is 7. The van der Waals surface area contributed by atoms with E-state index < -0.39 is 17.9 Å². The van der Waals surface area contributed by atoms with E-state index in [4.69, 9.17) is 9.15 Å². The van der Waals surface area contributed by atoms with Gasteiger partial charge in [-0.2, -0.15) is 13.2 Å². The van der Waals surface area contributed by atoms with Crippen molar-refractivity contribution in [2.24, 2.45) is 0 Å². The molecule has 11 heteroatoms. The van der Waals surface area contributed by atoms with E-state index in [9.17, 15) is 18.0 Å². The van der Waals surface area contributed by atoms with Crippen LogP contribution in [0.15, 0.2) is 47.5 Å². The van der Waals surface area contributed by atoms with Crippen molar-refractivity contribution in [1.82, 2.24) is 19.9 Å². The number of nitrogens with zero attached hydrogens (tertiary/aromatic N) is 3. The molecule has 0 spiro atoms. The highest BCUT2D eigenvalue weighted by molar-refractivity contribution is 5.90. The van der Waals surface area contributed by atoms with E-state index in [-0.39, 0.29) is 17.0 Å². The number of ether oxygens (including phenoxy) is 2. The smallest absolute Gasteiger partial charge is 0.491 e. The second kappa shape index (κ2) is 6.93. The summed E-state index contributed by atoms with van der Waals surface area (Å²) < 4.78 is 53.5. The standard InChI is InChI=1S/C18H11F3N4O4/c1-27-11-2-10(5-22-6-11)9-3-13-15(14(4-9)29-17(26)18(19,20)21)25-16(28-13)12-7-23-8-24-12/h2-8H,1H3,(H,23,24). The summed E-state index contributed by atoms with van der Waals surface area (Å²) in [6.45, 7) is 0. The molecular formula is C18H11F3N4O4. The second-order valence-corrected chi connectivity index (χ2v) is 5.81. The molecule has 0 fully saturated rings. The maximum Gasteiger partial charge on any atom is 0.491 e. The lowest BCUT2D eigenvalue weighted by atomic mass is 10.1. The molecule has 0 aliphatic carbocycles. The number of fused-ring (bicyclic) bond motifs is 1. The van der Waals surface area contributed by atoms with Gasteiger partial charge in [0.1, 0.15) is 11.4 Å². The van der Waals surface area contributed by atoms with Crippen LogP contribution in [0.4, 0.5) is 13.2 Å². The zero-order valence-corrected chi connectivity index (χ0v) is 14.6. The third-order valence-electron chi connectivity index (χ3n) is 3.90. The van der Waals surface area contributed by atoms with E-state index in [0.717, 1.165) is 0 Å². The van der Waals surface area contributed by atoms with E-state index >= 15 is 0 Å². The largest absolute Gasteiger partial charge is 0.495 e. The van der Waals surface area contributed by atoms with E-state index in [1.54, 1.807) is 12.1 Å². The molecule has 1 aromatic carbocycles. The number of H-pyrrole nitrogens is 1. The third-order valence-corrected chi connectivity index (χ3v) is 3.90. The fraction of sp³-hybridized carbons (Fsp3) is 0.111. The zero-order valence-electron chi connectivity index (χ0n) is 14.6. The van der Waals surface area contributed by atoms with Gasteiger partial charge >= 0.3 is 12.1 Å². The first-order valence-corrected chi connectivity index (χ1v) is 8.07. The summed E-state index contributed by atoms with van der Waals surface area (Å²) in [5, 5.41) is 0. The van der Waals surface area contributed by atoms with E-state index in [1.807, 2.05) is 0 Å². The van der Waals surface area contributed by atoms with Crippen LogP contribution in [0.25, 0.3) is 33.8 Å². The number of imidazole rings is 1. The van der Waals surface area contributed by atoms with Crippen molar-refractivity contribution in [3.63, 3.8) is 0 Å². The average molecular weight is 404 g/mol. The van der Waals surface area contributed by atoms with Crippen molar-refractivity contribution in [2.75, 3.05) is 7.11 Å². The molecule has 0 aliphatic rings. The number of nitrogens with one attached hydrogen (secondary N) is 1. The lowest BCUT2D eigenvalue weighted by Crippen LogP contribution is -2.28. The Morgan fingerprint density at radius 3 is 2.62 bits per heavy atom. The lowest BCUT2D eigenvalue weighted by Gasteiger charge is -2.09. The van der Waals surface area contributed by atoms with Gasteiger partial charge in [0.25, 0.3) is 0 Å². The molecule has 0 atom stereocenters. The highest BCUT2D eigenvalue weighted by Crippen LogP contribution is 2.36. The summed E-state index contributed by atoms with van der Waals surface area (Å²) in [4.78, 5) is 26.2. The fourth-order valence-corrected chi connectivity index (χ4v) is 2.58. The molecule has 29 heavy (non-hydrogen) atoms. The number of benzene rings is 1. The van der Waals surface area contributed by atoms with Crippen LogP contribution in [-0.2, 0) is 4.79 Å². The Hall–Kier alpha value is -3.89. The maximum atomic E-state index is 12.7. The number of aromatic amines is 1. The average Bonchev–Trinajstić information content (AvgIpc) is 3.36. The molecule has 4 aromatic rings. The Labute approximate surface area is 160 Å². The van der Waals surface area contributed by atoms with Gasteiger partial charge in [-0.1, -0.05) is 0 Å². The van der Waals surface area contributed by atoms with Crippen molar-refractivity contribution in [3.8, 4) is 34.2 Å². The van der Waals surface area contributed by atoms with Gasteiger partial charge in [0.15, 0.2) is 16.8 Å². The first kappa shape index (κ1) is 18.5. The summed E-state index contributed by atoms with van der Waals surface area (Å²) in [6.07, 6.45) is 0.597. The minimum absolute atomic E-state index is 0.0493. The quantitative estimate of drug-likeness (QED) is 0.408. The Morgan fingerprint density at radius 2 is 1.93 bits per heavy atom. The predicted molar refractivity (Wildman–Crippen MR) is 93.1 cm³/mol. The van der Waals surface area contributed by atoms with Crippen molar-refractivity contribution >= 4 is 17.1 Å². The number of alkyl halides is 3. The predicted octanol–water partition coefficient (Wildman–Crippen LogP) is 3.76. The molecule has 0 amide bonds. The minimum atomic E-state index is -5.17. The number of pyridine rings is 1. The van der Waals surface area contributed by atoms with Crippen molar-refractivity contribution in [1.29, 1.82) is 0 Å². The number of methoxy groups -OCH3 is 1. The summed E-state index contributed by atoms with van der Waals surface area (Å²) in [5.74, 6) is -2.27. The van der Waals surface area contributed by atoms with E-state index in [2.05, 4.69) is 24.7 Å². The Bertz CT molecular complexity index is 1190. The Morgan fingerprint density at radius 1 is 1.10 bits per heavy atom. The molecule has 148 valence electrons. The molecule has 3 aromatic heterocycles. The molecular weight excluding hydrogens is 393 g/mol. The normalized spacial score (nSPS) is 11.6. The highest BCUT2D eigenvalue weighted by Gasteiger charge is 2.42. The molecule has 0 unspecified atom stereocenters. The number of hydrogen-bond donors (Lipinski definition) is 1. The van der Waals surface area contributed by atoms with Gasteiger partial charge in [-0.3, -0.25) is 4.98 Å². The summed E-state index contributed by atoms with van der Waals surface area (Å²) in [7, 11) is 1.45. The second-order valence-electron chi connectivity index (χ2n) is 5.81. The van der Waals surface area contributed by atoms with Gasteiger partial charge in [0.2, 0.25) is 5.89 Å². The van der Waals surface area contributed by atoms with Crippen molar-refractivity contribution in [3.05, 3.63) is 43.1 Å². The number of carbonyl (C=O) groups is 1. The van der Waals surface area contributed by atoms with E-state index in [1.165, 1.54) is 38.1 Å². The van der Waals surface area contributed by atoms with Crippen molar-refractivity contribution < 1.29 is 31.9 Å². The van der Waals surface area contributed by atoms with Crippen LogP contribution in [0.1, 0.15) is 0 Å². The number of halogens is 3. The Kier molecular flexibility index (Phi) is 4.41. The fourth-order valence-electron chi connectivity index (χ4n) is 2.58. The van der Waals surface area contributed by atoms with Gasteiger partial charge in [0, 0.05) is 11.8 Å². The van der Waals surface area contributed by atoms with Gasteiger partial charge in [-0.15, -0.1) is 0 Å². The first-order valence-electron chi connectivity index (χ1n) is 8.07. The molecule has 1 N–H and O–H groups in total. The van der Waals surface area contributed by atoms with Gasteiger partial charge in [-0.25, -0.2) is 14.8 Å². The van der Waals surface area contributed by atoms with Gasteiger partial charge in [-0.05, 0) is 23.8 Å². The van der Waals surface area contributed by atoms with Crippen LogP contribution in [0.5, 0.6) is 11.5 Å². The van der Waals surface area contributed by atoms with Crippen LogP contribution in [-0.4, -0.2) is 39.2 Å². The van der Waals surface area contributed by atoms with Crippen LogP contribution < -0.4 is 9.47 Å². The number of aromatic nitrogens is 4. The number of carbonyl (C=O) groups excluding carboxylic acids is 1. The van der Waals surface area contributed by atoms with E-state index in [0.29, 0.717) is 22.6 Å². The summed E-state index contributed by atoms with van der Waals surface area (Å²) >= 11 is 0. The molecule has 0 saturated heterocycles. The number of rotatable bonds is 4. The van der Waals surface area contributed by atoms with Crippen molar-refractivity contribution in [2.45, 2.75) is 6.18 Å². The molecule has 8 nitrogen and oxygen atoms in total. The maximum absolute atomic E-state index is 12.7. The molecule has 0 radical (unpaired) electrons. The Balaban J connectivity index is 1.88. The zero-order chi connectivity index (χ0) is 20.6. The van der Waals surface area contributed by atoms with Gasteiger partial charge < -0.3 is 18.9 Å². The first-order chi connectivity index (χ1) is 13.8. The molecule has 4 rings (SSSR count). The summed E-state index contributed by atoms with van der Waals surface area (Å²) in [6, 6.07) is 4.42.